The van der Waals surface area contributed by atoms with Gasteiger partial charge in [-0.2, -0.15) is 0 Å². The van der Waals surface area contributed by atoms with E-state index >= 15 is 0 Å². The van der Waals surface area contributed by atoms with E-state index in [0.29, 0.717) is 6.04 Å². The fourth-order valence-electron chi connectivity index (χ4n) is 2.65. The molecule has 0 heterocycles. The van der Waals surface area contributed by atoms with Crippen molar-refractivity contribution in [3.8, 4) is 0 Å². The topological polar surface area (TPSA) is 12.0 Å². The Morgan fingerprint density at radius 3 is 2.62 bits per heavy atom. The van der Waals surface area contributed by atoms with Crippen molar-refractivity contribution in [1.82, 2.24) is 5.32 Å². The average molecular weight is 302 g/mol. The summed E-state index contributed by atoms with van der Waals surface area (Å²) in [5, 5.41) is 4.49. The summed E-state index contributed by atoms with van der Waals surface area (Å²) in [5.41, 5.74) is 5.32. The van der Waals surface area contributed by atoms with E-state index in [-0.39, 0.29) is 0 Å². The van der Waals surface area contributed by atoms with Crippen LogP contribution in [0.25, 0.3) is 0 Å². The van der Waals surface area contributed by atoms with E-state index in [2.05, 4.69) is 56.4 Å². The van der Waals surface area contributed by atoms with Crippen LogP contribution in [0.5, 0.6) is 0 Å². The first-order chi connectivity index (χ1) is 10.1. The van der Waals surface area contributed by atoms with Gasteiger partial charge in [0.2, 0.25) is 0 Å². The Morgan fingerprint density at radius 2 is 1.90 bits per heavy atom. The van der Waals surface area contributed by atoms with Crippen LogP contribution in [-0.4, -0.2) is 6.54 Å². The first-order valence-corrected chi connectivity index (χ1v) is 8.03. The van der Waals surface area contributed by atoms with E-state index in [1.807, 2.05) is 12.1 Å². The molecule has 0 saturated carbocycles. The second-order valence-electron chi connectivity index (χ2n) is 5.70. The molecule has 1 atom stereocenters. The third kappa shape index (κ3) is 4.59. The lowest BCUT2D eigenvalue weighted by atomic mass is 9.94. The molecular weight excluding hydrogens is 278 g/mol. The van der Waals surface area contributed by atoms with Crippen LogP contribution in [0.2, 0.25) is 5.02 Å². The molecule has 0 amide bonds. The van der Waals surface area contributed by atoms with E-state index < -0.39 is 0 Å². The minimum atomic E-state index is 0.336. The molecule has 0 spiro atoms. The summed E-state index contributed by atoms with van der Waals surface area (Å²) < 4.78 is 0. The van der Waals surface area contributed by atoms with Gasteiger partial charge in [0, 0.05) is 11.1 Å². The number of hydrogen-bond acceptors (Lipinski definition) is 1. The average Bonchev–Trinajstić information content (AvgIpc) is 2.46. The van der Waals surface area contributed by atoms with Crippen molar-refractivity contribution >= 4 is 11.6 Å². The molecule has 1 nitrogen and oxygen atoms in total. The van der Waals surface area contributed by atoms with E-state index in [0.717, 1.165) is 24.4 Å². The maximum Gasteiger partial charge on any atom is 0.0408 e. The molecular formula is C19H24ClN. The lowest BCUT2D eigenvalue weighted by Crippen LogP contribution is -2.25. The van der Waals surface area contributed by atoms with Gasteiger partial charge in [-0.3, -0.25) is 0 Å². The smallest absolute Gasteiger partial charge is 0.0408 e. The van der Waals surface area contributed by atoms with Crippen LogP contribution >= 0.6 is 11.6 Å². The molecule has 0 aliphatic rings. The van der Waals surface area contributed by atoms with Crippen molar-refractivity contribution in [1.29, 1.82) is 0 Å². The normalized spacial score (nSPS) is 12.4. The standard InChI is InChI=1S/C19H24ClN/c1-4-10-21-19(13-16-6-5-7-17(20)12-16)18-11-14(2)8-9-15(18)3/h5-9,11-12,19,21H,4,10,13H2,1-3H3. The zero-order chi connectivity index (χ0) is 15.2. The highest BCUT2D eigenvalue weighted by Gasteiger charge is 2.14. The summed E-state index contributed by atoms with van der Waals surface area (Å²) in [6.45, 7) is 7.57. The van der Waals surface area contributed by atoms with E-state index in [1.54, 1.807) is 0 Å². The summed E-state index contributed by atoms with van der Waals surface area (Å²) in [6.07, 6.45) is 2.10. The van der Waals surface area contributed by atoms with Crippen LogP contribution in [0, 0.1) is 13.8 Å². The number of nitrogens with one attached hydrogen (secondary N) is 1. The van der Waals surface area contributed by atoms with Gasteiger partial charge in [0.25, 0.3) is 0 Å². The van der Waals surface area contributed by atoms with Crippen LogP contribution in [0.4, 0.5) is 0 Å². The molecule has 0 aliphatic heterocycles. The second-order valence-corrected chi connectivity index (χ2v) is 6.14. The van der Waals surface area contributed by atoms with Crippen molar-refractivity contribution in [2.45, 2.75) is 39.7 Å². The maximum atomic E-state index is 6.11. The third-order valence-corrected chi connectivity index (χ3v) is 4.01. The van der Waals surface area contributed by atoms with Gasteiger partial charge in [0.05, 0.1) is 0 Å². The quantitative estimate of drug-likeness (QED) is 0.769. The zero-order valence-corrected chi connectivity index (χ0v) is 13.9. The van der Waals surface area contributed by atoms with Gasteiger partial charge in [-0.15, -0.1) is 0 Å². The van der Waals surface area contributed by atoms with Gasteiger partial charge < -0.3 is 5.32 Å². The molecule has 0 aromatic heterocycles. The Balaban J connectivity index is 2.27. The van der Waals surface area contributed by atoms with E-state index in [1.165, 1.54) is 22.3 Å². The van der Waals surface area contributed by atoms with Gasteiger partial charge in [-0.1, -0.05) is 54.4 Å². The molecule has 0 radical (unpaired) electrons. The number of aryl methyl sites for hydroxylation is 2. The second kappa shape index (κ2) is 7.63. The molecule has 0 bridgehead atoms. The molecule has 2 aromatic rings. The Kier molecular flexibility index (Phi) is 5.84. The number of halogens is 1. The minimum absolute atomic E-state index is 0.336. The first kappa shape index (κ1) is 16.1. The summed E-state index contributed by atoms with van der Waals surface area (Å²) in [7, 11) is 0. The molecule has 0 saturated heterocycles. The van der Waals surface area contributed by atoms with Gasteiger partial charge >= 0.3 is 0 Å². The van der Waals surface area contributed by atoms with Crippen LogP contribution in [0.1, 0.15) is 41.6 Å². The van der Waals surface area contributed by atoms with Crippen molar-refractivity contribution in [3.05, 3.63) is 69.7 Å². The van der Waals surface area contributed by atoms with Gasteiger partial charge in [-0.05, 0) is 62.1 Å². The van der Waals surface area contributed by atoms with Crippen molar-refractivity contribution in [2.75, 3.05) is 6.54 Å². The molecule has 0 aliphatic carbocycles. The largest absolute Gasteiger partial charge is 0.310 e. The summed E-state index contributed by atoms with van der Waals surface area (Å²) in [5.74, 6) is 0. The number of rotatable bonds is 6. The summed E-state index contributed by atoms with van der Waals surface area (Å²) >= 11 is 6.11. The molecule has 21 heavy (non-hydrogen) atoms. The molecule has 112 valence electrons. The van der Waals surface area contributed by atoms with Crippen LogP contribution in [-0.2, 0) is 6.42 Å². The van der Waals surface area contributed by atoms with Crippen molar-refractivity contribution < 1.29 is 0 Å². The van der Waals surface area contributed by atoms with Gasteiger partial charge in [0.15, 0.2) is 0 Å². The van der Waals surface area contributed by atoms with Gasteiger partial charge in [0.1, 0.15) is 0 Å². The van der Waals surface area contributed by atoms with Crippen LogP contribution < -0.4 is 5.32 Å². The Bertz CT molecular complexity index is 592. The SMILES string of the molecule is CCCNC(Cc1cccc(Cl)c1)c1cc(C)ccc1C. The Morgan fingerprint density at radius 1 is 1.10 bits per heavy atom. The third-order valence-electron chi connectivity index (χ3n) is 3.78. The fourth-order valence-corrected chi connectivity index (χ4v) is 2.86. The summed E-state index contributed by atoms with van der Waals surface area (Å²) in [6, 6.07) is 15.2. The lowest BCUT2D eigenvalue weighted by molar-refractivity contribution is 0.527. The molecule has 2 aromatic carbocycles. The highest BCUT2D eigenvalue weighted by atomic mass is 35.5. The number of benzene rings is 2. The molecule has 2 heteroatoms. The van der Waals surface area contributed by atoms with Crippen molar-refractivity contribution in [3.63, 3.8) is 0 Å². The lowest BCUT2D eigenvalue weighted by Gasteiger charge is -2.22. The fraction of sp³-hybridized carbons (Fsp3) is 0.368. The first-order valence-electron chi connectivity index (χ1n) is 7.65. The van der Waals surface area contributed by atoms with Crippen LogP contribution in [0.3, 0.4) is 0 Å². The van der Waals surface area contributed by atoms with Gasteiger partial charge in [-0.25, -0.2) is 0 Å². The Hall–Kier alpha value is -1.31. The minimum Gasteiger partial charge on any atom is -0.310 e. The number of hydrogen-bond donors (Lipinski definition) is 1. The molecule has 1 N–H and O–H groups in total. The highest BCUT2D eigenvalue weighted by molar-refractivity contribution is 6.30. The summed E-state index contributed by atoms with van der Waals surface area (Å²) in [4.78, 5) is 0. The van der Waals surface area contributed by atoms with Crippen LogP contribution in [0.15, 0.2) is 42.5 Å². The molecule has 0 fully saturated rings. The molecule has 1 unspecified atom stereocenters. The predicted octanol–water partition coefficient (Wildman–Crippen LogP) is 5.24. The highest BCUT2D eigenvalue weighted by Crippen LogP contribution is 2.24. The van der Waals surface area contributed by atoms with E-state index in [4.69, 9.17) is 11.6 Å². The zero-order valence-electron chi connectivity index (χ0n) is 13.1. The van der Waals surface area contributed by atoms with E-state index in [9.17, 15) is 0 Å². The predicted molar refractivity (Wildman–Crippen MR) is 92.1 cm³/mol. The van der Waals surface area contributed by atoms with Crippen molar-refractivity contribution in [2.24, 2.45) is 0 Å². The monoisotopic (exact) mass is 301 g/mol. The maximum absolute atomic E-state index is 6.11. The molecule has 2 rings (SSSR count). The Labute approximate surface area is 133 Å².